The second-order valence-corrected chi connectivity index (χ2v) is 6.55. The maximum absolute atomic E-state index is 12.3. The third-order valence-corrected chi connectivity index (χ3v) is 5.06. The number of aliphatic hydroxyl groups excluding tert-OH is 2. The van der Waals surface area contributed by atoms with Gasteiger partial charge >= 0.3 is 6.03 Å². The van der Waals surface area contributed by atoms with Gasteiger partial charge in [0.1, 0.15) is 12.2 Å². The molecule has 8 heteroatoms. The van der Waals surface area contributed by atoms with Crippen LogP contribution in [0.4, 0.5) is 4.79 Å². The Labute approximate surface area is 135 Å². The number of hydrogen-bond donors (Lipinski definition) is 3. The number of likely N-dealkylation sites (tertiary alicyclic amines) is 1. The van der Waals surface area contributed by atoms with Gasteiger partial charge in [-0.1, -0.05) is 0 Å². The van der Waals surface area contributed by atoms with Gasteiger partial charge in [0.25, 0.3) is 0 Å². The number of carbonyl (C=O) groups is 1. The first-order valence-electron chi connectivity index (χ1n) is 8.34. The number of amides is 2. The minimum atomic E-state index is -0.653. The summed E-state index contributed by atoms with van der Waals surface area (Å²) < 4.78 is 1.96. The lowest BCUT2D eigenvalue weighted by Gasteiger charge is -2.31. The second-order valence-electron chi connectivity index (χ2n) is 6.55. The zero-order valence-electron chi connectivity index (χ0n) is 13.4. The summed E-state index contributed by atoms with van der Waals surface area (Å²) in [6, 6.07) is -0.0778. The number of urea groups is 1. The zero-order valence-corrected chi connectivity index (χ0v) is 13.4. The van der Waals surface area contributed by atoms with Crippen molar-refractivity contribution in [3.63, 3.8) is 0 Å². The Morgan fingerprint density at radius 2 is 1.96 bits per heavy atom. The van der Waals surface area contributed by atoms with Crippen molar-refractivity contribution in [1.29, 1.82) is 0 Å². The van der Waals surface area contributed by atoms with E-state index in [0.29, 0.717) is 50.7 Å². The van der Waals surface area contributed by atoms with Crippen LogP contribution in [-0.4, -0.2) is 67.8 Å². The largest absolute Gasteiger partial charge is 0.390 e. The van der Waals surface area contributed by atoms with Crippen LogP contribution in [0.25, 0.3) is 0 Å². The first kappa shape index (κ1) is 16.2. The molecule has 0 radical (unpaired) electrons. The molecule has 1 saturated carbocycles. The molecule has 23 heavy (non-hydrogen) atoms. The van der Waals surface area contributed by atoms with Crippen LogP contribution in [0.15, 0.2) is 6.33 Å². The standard InChI is InChI=1S/C15H25N5O3/c1-2-19-9-17-18-14(19)3-4-16-15(23)20-7-10-5-12(21)13(22)6-11(10)8-20/h9-13,21-22H,2-8H2,1H3,(H,16,23)/t10-,11+,12-,13-/m0/s1. The van der Waals surface area contributed by atoms with Gasteiger partial charge in [-0.15, -0.1) is 10.2 Å². The molecule has 3 N–H and O–H groups in total. The normalized spacial score (nSPS) is 30.3. The van der Waals surface area contributed by atoms with Gasteiger partial charge in [0, 0.05) is 32.6 Å². The van der Waals surface area contributed by atoms with Crippen molar-refractivity contribution in [1.82, 2.24) is 25.0 Å². The van der Waals surface area contributed by atoms with Gasteiger partial charge in [0.15, 0.2) is 0 Å². The molecular formula is C15H25N5O3. The molecule has 2 heterocycles. The maximum atomic E-state index is 12.3. The Hall–Kier alpha value is -1.67. The molecule has 1 aliphatic heterocycles. The Bertz CT molecular complexity index is 531. The Morgan fingerprint density at radius 3 is 2.57 bits per heavy atom. The average Bonchev–Trinajstić information content (AvgIpc) is 3.14. The van der Waals surface area contributed by atoms with Crippen molar-refractivity contribution >= 4 is 6.03 Å². The molecule has 0 spiro atoms. The number of rotatable bonds is 4. The SMILES string of the molecule is CCn1cnnc1CCNC(=O)N1C[C@H]2C[C@H](O)[C@@H](O)C[C@H]2C1. The maximum Gasteiger partial charge on any atom is 0.317 e. The van der Waals surface area contributed by atoms with Crippen molar-refractivity contribution in [2.75, 3.05) is 19.6 Å². The van der Waals surface area contributed by atoms with Gasteiger partial charge in [0.2, 0.25) is 0 Å². The lowest BCUT2D eigenvalue weighted by Crippen LogP contribution is -2.39. The van der Waals surface area contributed by atoms with Gasteiger partial charge in [-0.25, -0.2) is 4.79 Å². The minimum Gasteiger partial charge on any atom is -0.390 e. The third kappa shape index (κ3) is 3.48. The lowest BCUT2D eigenvalue weighted by atomic mass is 9.79. The predicted molar refractivity (Wildman–Crippen MR) is 82.6 cm³/mol. The number of hydrogen-bond acceptors (Lipinski definition) is 5. The highest BCUT2D eigenvalue weighted by Gasteiger charge is 2.42. The molecule has 2 aliphatic rings. The first-order chi connectivity index (χ1) is 11.1. The highest BCUT2D eigenvalue weighted by atomic mass is 16.3. The average molecular weight is 323 g/mol. The summed E-state index contributed by atoms with van der Waals surface area (Å²) in [5.74, 6) is 1.46. The van der Waals surface area contributed by atoms with Gasteiger partial charge in [-0.3, -0.25) is 0 Å². The fourth-order valence-electron chi connectivity index (χ4n) is 3.70. The minimum absolute atomic E-state index is 0.0778. The van der Waals surface area contributed by atoms with Gasteiger partial charge in [-0.2, -0.15) is 0 Å². The molecule has 3 rings (SSSR count). The van der Waals surface area contributed by atoms with Gasteiger partial charge < -0.3 is 25.0 Å². The smallest absolute Gasteiger partial charge is 0.317 e. The van der Waals surface area contributed by atoms with Crippen molar-refractivity contribution < 1.29 is 15.0 Å². The van der Waals surface area contributed by atoms with Gasteiger partial charge in [-0.05, 0) is 31.6 Å². The molecule has 4 atom stereocenters. The summed E-state index contributed by atoms with van der Waals surface area (Å²) in [5.41, 5.74) is 0. The van der Waals surface area contributed by atoms with E-state index < -0.39 is 12.2 Å². The molecule has 128 valence electrons. The van der Waals surface area contributed by atoms with Crippen LogP contribution >= 0.6 is 0 Å². The lowest BCUT2D eigenvalue weighted by molar-refractivity contribution is -0.0372. The fraction of sp³-hybridized carbons (Fsp3) is 0.800. The molecule has 1 aliphatic carbocycles. The molecule has 1 saturated heterocycles. The molecular weight excluding hydrogens is 298 g/mol. The number of fused-ring (bicyclic) bond motifs is 1. The monoisotopic (exact) mass is 323 g/mol. The number of aryl methyl sites for hydroxylation is 1. The van der Waals surface area contributed by atoms with Crippen LogP contribution in [0.3, 0.4) is 0 Å². The summed E-state index contributed by atoms with van der Waals surface area (Å²) in [5, 5.41) is 30.4. The van der Waals surface area contributed by atoms with E-state index >= 15 is 0 Å². The van der Waals surface area contributed by atoms with Gasteiger partial charge in [0.05, 0.1) is 12.2 Å². The second kappa shape index (κ2) is 6.84. The summed E-state index contributed by atoms with van der Waals surface area (Å²) in [6.07, 6.45) is 2.19. The van der Waals surface area contributed by atoms with E-state index in [4.69, 9.17) is 0 Å². The van der Waals surface area contributed by atoms with Crippen molar-refractivity contribution in [2.24, 2.45) is 11.8 Å². The van der Waals surface area contributed by atoms with E-state index in [-0.39, 0.29) is 6.03 Å². The van der Waals surface area contributed by atoms with E-state index in [2.05, 4.69) is 15.5 Å². The topological polar surface area (TPSA) is 104 Å². The highest BCUT2D eigenvalue weighted by molar-refractivity contribution is 5.74. The molecule has 2 fully saturated rings. The molecule has 8 nitrogen and oxygen atoms in total. The summed E-state index contributed by atoms with van der Waals surface area (Å²) >= 11 is 0. The van der Waals surface area contributed by atoms with E-state index in [9.17, 15) is 15.0 Å². The molecule has 1 aromatic heterocycles. The van der Waals surface area contributed by atoms with Crippen LogP contribution in [0.2, 0.25) is 0 Å². The number of carbonyl (C=O) groups excluding carboxylic acids is 1. The third-order valence-electron chi connectivity index (χ3n) is 5.06. The number of aromatic nitrogens is 3. The van der Waals surface area contributed by atoms with E-state index in [0.717, 1.165) is 12.4 Å². The quantitative estimate of drug-likeness (QED) is 0.700. The predicted octanol–water partition coefficient (Wildman–Crippen LogP) is -0.386. The van der Waals surface area contributed by atoms with Crippen molar-refractivity contribution in [2.45, 2.75) is 44.9 Å². The van der Waals surface area contributed by atoms with Crippen molar-refractivity contribution in [3.05, 3.63) is 12.2 Å². The van der Waals surface area contributed by atoms with Crippen LogP contribution in [0.5, 0.6) is 0 Å². The molecule has 0 aromatic carbocycles. The summed E-state index contributed by atoms with van der Waals surface area (Å²) in [4.78, 5) is 14.1. The van der Waals surface area contributed by atoms with E-state index in [1.807, 2.05) is 11.5 Å². The molecule has 0 unspecified atom stereocenters. The first-order valence-corrected chi connectivity index (χ1v) is 8.34. The number of nitrogens with one attached hydrogen (secondary N) is 1. The Morgan fingerprint density at radius 1 is 1.30 bits per heavy atom. The zero-order chi connectivity index (χ0) is 16.4. The summed E-state index contributed by atoms with van der Waals surface area (Å²) in [7, 11) is 0. The van der Waals surface area contributed by atoms with E-state index in [1.54, 1.807) is 11.2 Å². The van der Waals surface area contributed by atoms with Crippen LogP contribution in [0.1, 0.15) is 25.6 Å². The van der Waals surface area contributed by atoms with Crippen LogP contribution in [0, 0.1) is 11.8 Å². The Balaban J connectivity index is 1.46. The summed E-state index contributed by atoms with van der Waals surface area (Å²) in [6.45, 7) is 4.68. The molecule has 2 amide bonds. The van der Waals surface area contributed by atoms with Crippen molar-refractivity contribution in [3.8, 4) is 0 Å². The molecule has 1 aromatic rings. The highest BCUT2D eigenvalue weighted by Crippen LogP contribution is 2.36. The number of aliphatic hydroxyl groups is 2. The fourth-order valence-corrected chi connectivity index (χ4v) is 3.70. The number of nitrogens with zero attached hydrogens (tertiary/aromatic N) is 4. The Kier molecular flexibility index (Phi) is 4.82. The van der Waals surface area contributed by atoms with Crippen LogP contribution in [-0.2, 0) is 13.0 Å². The van der Waals surface area contributed by atoms with Crippen LogP contribution < -0.4 is 5.32 Å². The molecule has 0 bridgehead atoms. The van der Waals surface area contributed by atoms with E-state index in [1.165, 1.54) is 0 Å².